The first-order chi connectivity index (χ1) is 16.0. The number of anilines is 1. The lowest BCUT2D eigenvalue weighted by atomic mass is 10.1. The van der Waals surface area contributed by atoms with Crippen molar-refractivity contribution in [2.24, 2.45) is 0 Å². The van der Waals surface area contributed by atoms with Gasteiger partial charge in [-0.3, -0.25) is 14.5 Å². The second-order valence-electron chi connectivity index (χ2n) is 8.32. The molecule has 0 aromatic heterocycles. The first kappa shape index (κ1) is 22.6. The fourth-order valence-electron chi connectivity index (χ4n) is 3.98. The summed E-state index contributed by atoms with van der Waals surface area (Å²) in [7, 11) is 0. The number of hydrogen-bond acceptors (Lipinski definition) is 4. The van der Waals surface area contributed by atoms with Gasteiger partial charge in [0, 0.05) is 37.4 Å². The van der Waals surface area contributed by atoms with Crippen LogP contribution < -0.4 is 10.1 Å². The second kappa shape index (κ2) is 10.3. The van der Waals surface area contributed by atoms with Crippen LogP contribution in [0.3, 0.4) is 0 Å². The Hall–Kier alpha value is -3.64. The average molecular weight is 444 g/mol. The van der Waals surface area contributed by atoms with Gasteiger partial charge in [-0.05, 0) is 61.4 Å². The molecule has 170 valence electrons. The molecular weight excluding hydrogens is 414 g/mol. The normalized spacial score (nSPS) is 14.1. The molecule has 33 heavy (non-hydrogen) atoms. The highest BCUT2D eigenvalue weighted by Crippen LogP contribution is 2.22. The Morgan fingerprint density at radius 2 is 1.39 bits per heavy atom. The molecule has 1 N–H and O–H groups in total. The molecule has 0 bridgehead atoms. The number of rotatable bonds is 6. The number of aryl methyl sites for hydroxylation is 2. The van der Waals surface area contributed by atoms with Crippen molar-refractivity contribution in [2.75, 3.05) is 38.0 Å². The van der Waals surface area contributed by atoms with Crippen molar-refractivity contribution < 1.29 is 14.3 Å². The highest BCUT2D eigenvalue weighted by Gasteiger charge is 2.23. The third kappa shape index (κ3) is 5.79. The molecule has 3 aromatic carbocycles. The molecular formula is C27H29N3O3. The Kier molecular flexibility index (Phi) is 7.05. The van der Waals surface area contributed by atoms with Gasteiger partial charge in [0.15, 0.2) is 0 Å². The monoisotopic (exact) mass is 443 g/mol. The summed E-state index contributed by atoms with van der Waals surface area (Å²) in [6.07, 6.45) is 0. The van der Waals surface area contributed by atoms with Crippen LogP contribution in [0, 0.1) is 13.8 Å². The number of nitrogens with one attached hydrogen (secondary N) is 1. The van der Waals surface area contributed by atoms with Crippen LogP contribution >= 0.6 is 0 Å². The molecule has 1 heterocycles. The van der Waals surface area contributed by atoms with Gasteiger partial charge in [0.25, 0.3) is 5.91 Å². The maximum Gasteiger partial charge on any atom is 0.253 e. The Labute approximate surface area is 194 Å². The number of piperazine rings is 1. The summed E-state index contributed by atoms with van der Waals surface area (Å²) >= 11 is 0. The van der Waals surface area contributed by atoms with Gasteiger partial charge in [0.2, 0.25) is 5.91 Å². The zero-order valence-electron chi connectivity index (χ0n) is 19.1. The number of carbonyl (C=O) groups excluding carboxylic acids is 2. The van der Waals surface area contributed by atoms with E-state index < -0.39 is 0 Å². The van der Waals surface area contributed by atoms with E-state index in [1.807, 2.05) is 79.4 Å². The number of para-hydroxylation sites is 2. The molecule has 6 heteroatoms. The molecule has 2 amide bonds. The van der Waals surface area contributed by atoms with Crippen molar-refractivity contribution in [3.63, 3.8) is 0 Å². The van der Waals surface area contributed by atoms with Crippen molar-refractivity contribution >= 4 is 17.5 Å². The minimum Gasteiger partial charge on any atom is -0.457 e. The van der Waals surface area contributed by atoms with Crippen LogP contribution in [0.25, 0.3) is 0 Å². The van der Waals surface area contributed by atoms with E-state index in [0.29, 0.717) is 44.0 Å². The summed E-state index contributed by atoms with van der Waals surface area (Å²) in [5.74, 6) is 1.42. The third-order valence-electron chi connectivity index (χ3n) is 5.85. The van der Waals surface area contributed by atoms with Crippen LogP contribution in [0.1, 0.15) is 21.5 Å². The number of nitrogens with zero attached hydrogens (tertiary/aromatic N) is 2. The van der Waals surface area contributed by atoms with Crippen molar-refractivity contribution in [3.05, 3.63) is 89.5 Å². The van der Waals surface area contributed by atoms with Gasteiger partial charge in [0.1, 0.15) is 11.5 Å². The maximum atomic E-state index is 12.9. The summed E-state index contributed by atoms with van der Waals surface area (Å²) in [6.45, 7) is 6.83. The second-order valence-corrected chi connectivity index (χ2v) is 8.32. The quantitative estimate of drug-likeness (QED) is 0.610. The average Bonchev–Trinajstić information content (AvgIpc) is 2.83. The Balaban J connectivity index is 1.27. The molecule has 6 nitrogen and oxygen atoms in total. The van der Waals surface area contributed by atoms with Crippen molar-refractivity contribution in [3.8, 4) is 11.5 Å². The highest BCUT2D eigenvalue weighted by atomic mass is 16.5. The van der Waals surface area contributed by atoms with E-state index in [9.17, 15) is 9.59 Å². The maximum absolute atomic E-state index is 12.9. The zero-order chi connectivity index (χ0) is 23.2. The number of ether oxygens (including phenoxy) is 1. The van der Waals surface area contributed by atoms with Crippen LogP contribution in [0.2, 0.25) is 0 Å². The lowest BCUT2D eigenvalue weighted by Crippen LogP contribution is -2.50. The van der Waals surface area contributed by atoms with E-state index in [4.69, 9.17) is 4.74 Å². The number of amides is 2. The number of benzene rings is 3. The van der Waals surface area contributed by atoms with Gasteiger partial charge >= 0.3 is 0 Å². The summed E-state index contributed by atoms with van der Waals surface area (Å²) in [4.78, 5) is 29.4. The van der Waals surface area contributed by atoms with Crippen molar-refractivity contribution in [2.45, 2.75) is 13.8 Å². The fourth-order valence-corrected chi connectivity index (χ4v) is 3.98. The highest BCUT2D eigenvalue weighted by molar-refractivity contribution is 5.95. The molecule has 1 fully saturated rings. The summed E-state index contributed by atoms with van der Waals surface area (Å²) < 4.78 is 5.80. The van der Waals surface area contributed by atoms with Gasteiger partial charge in [-0.15, -0.1) is 0 Å². The smallest absolute Gasteiger partial charge is 0.253 e. The molecule has 0 saturated carbocycles. The SMILES string of the molecule is Cc1cccc(C)c1NC(=O)CN1CCN(C(=O)c2ccc(Oc3ccccc3)cc2)CC1. The van der Waals surface area contributed by atoms with Crippen LogP contribution in [0.4, 0.5) is 5.69 Å². The molecule has 0 unspecified atom stereocenters. The van der Waals surface area contributed by atoms with E-state index >= 15 is 0 Å². The summed E-state index contributed by atoms with van der Waals surface area (Å²) in [5, 5.41) is 3.04. The Morgan fingerprint density at radius 3 is 2.03 bits per heavy atom. The minimum absolute atomic E-state index is 0.000831. The van der Waals surface area contributed by atoms with E-state index in [0.717, 1.165) is 22.6 Å². The fraction of sp³-hybridized carbons (Fsp3) is 0.259. The van der Waals surface area contributed by atoms with Gasteiger partial charge in [0.05, 0.1) is 6.54 Å². The van der Waals surface area contributed by atoms with Gasteiger partial charge in [-0.1, -0.05) is 36.4 Å². The first-order valence-corrected chi connectivity index (χ1v) is 11.2. The zero-order valence-corrected chi connectivity index (χ0v) is 19.1. The molecule has 1 aliphatic rings. The van der Waals surface area contributed by atoms with E-state index in [1.54, 1.807) is 12.1 Å². The Morgan fingerprint density at radius 1 is 0.788 bits per heavy atom. The molecule has 1 saturated heterocycles. The largest absolute Gasteiger partial charge is 0.457 e. The Bertz CT molecular complexity index is 1080. The first-order valence-electron chi connectivity index (χ1n) is 11.2. The molecule has 0 atom stereocenters. The van der Waals surface area contributed by atoms with Crippen LogP contribution in [0.15, 0.2) is 72.8 Å². The third-order valence-corrected chi connectivity index (χ3v) is 5.85. The van der Waals surface area contributed by atoms with E-state index in [1.165, 1.54) is 0 Å². The minimum atomic E-state index is -0.0267. The van der Waals surface area contributed by atoms with Crippen LogP contribution in [-0.2, 0) is 4.79 Å². The number of carbonyl (C=O) groups is 2. The molecule has 0 spiro atoms. The molecule has 3 aromatic rings. The van der Waals surface area contributed by atoms with E-state index in [-0.39, 0.29) is 11.8 Å². The van der Waals surface area contributed by atoms with E-state index in [2.05, 4.69) is 10.2 Å². The van der Waals surface area contributed by atoms with Crippen molar-refractivity contribution in [1.29, 1.82) is 0 Å². The lowest BCUT2D eigenvalue weighted by molar-refractivity contribution is -0.117. The number of hydrogen-bond donors (Lipinski definition) is 1. The van der Waals surface area contributed by atoms with Crippen molar-refractivity contribution in [1.82, 2.24) is 9.80 Å². The predicted octanol–water partition coefficient (Wildman–Crippen LogP) is 4.49. The predicted molar refractivity (Wildman–Crippen MR) is 130 cm³/mol. The lowest BCUT2D eigenvalue weighted by Gasteiger charge is -2.34. The van der Waals surface area contributed by atoms with Crippen LogP contribution in [0.5, 0.6) is 11.5 Å². The van der Waals surface area contributed by atoms with Gasteiger partial charge < -0.3 is 15.0 Å². The summed E-state index contributed by atoms with van der Waals surface area (Å²) in [6, 6.07) is 22.7. The molecule has 1 aliphatic heterocycles. The van der Waals surface area contributed by atoms with Gasteiger partial charge in [-0.25, -0.2) is 0 Å². The standard InChI is InChI=1S/C27H29N3O3/c1-20-7-6-8-21(2)26(20)28-25(31)19-29-15-17-30(18-16-29)27(32)22-11-13-24(14-12-22)33-23-9-4-3-5-10-23/h3-14H,15-19H2,1-2H3,(H,28,31). The topological polar surface area (TPSA) is 61.9 Å². The van der Waals surface area contributed by atoms with Crippen LogP contribution in [-0.4, -0.2) is 54.3 Å². The molecule has 0 radical (unpaired) electrons. The summed E-state index contributed by atoms with van der Waals surface area (Å²) in [5.41, 5.74) is 3.63. The molecule has 4 rings (SSSR count). The van der Waals surface area contributed by atoms with Gasteiger partial charge in [-0.2, -0.15) is 0 Å². The molecule has 0 aliphatic carbocycles.